The minimum atomic E-state index is -3.27. The summed E-state index contributed by atoms with van der Waals surface area (Å²) in [4.78, 5) is 11.6. The molecule has 0 aliphatic heterocycles. The van der Waals surface area contributed by atoms with Gasteiger partial charge in [0, 0.05) is 12.8 Å². The number of carbonyl (C=O) groups excluding carboxylic acids is 1. The highest BCUT2D eigenvalue weighted by molar-refractivity contribution is 7.90. The second-order valence-electron chi connectivity index (χ2n) is 3.51. The van der Waals surface area contributed by atoms with Crippen LogP contribution in [0.3, 0.4) is 0 Å². The first-order chi connectivity index (χ1) is 7.45. The highest BCUT2D eigenvalue weighted by atomic mass is 32.2. The zero-order chi connectivity index (χ0) is 12.2. The zero-order valence-electron chi connectivity index (χ0n) is 9.36. The van der Waals surface area contributed by atoms with E-state index in [1.54, 1.807) is 18.2 Å². The number of carbonyl (C=O) groups is 1. The summed E-state index contributed by atoms with van der Waals surface area (Å²) in [5, 5.41) is 2.64. The Morgan fingerprint density at radius 2 is 1.94 bits per heavy atom. The third-order valence-electron chi connectivity index (χ3n) is 2.10. The van der Waals surface area contributed by atoms with Crippen LogP contribution in [-0.2, 0) is 21.1 Å². The van der Waals surface area contributed by atoms with Crippen molar-refractivity contribution in [2.45, 2.75) is 18.2 Å². The molecule has 0 heterocycles. The standard InChI is InChI=1S/C11H15NO3S/c1-3-12-11(13)8-9-6-4-5-7-10(9)16(2,14)15/h4-7H,3,8H2,1-2H3,(H,12,13). The lowest BCUT2D eigenvalue weighted by Gasteiger charge is -2.07. The molecule has 0 saturated carbocycles. The molecule has 5 heteroatoms. The van der Waals surface area contributed by atoms with E-state index in [0.717, 1.165) is 6.26 Å². The number of benzene rings is 1. The van der Waals surface area contributed by atoms with Gasteiger partial charge in [0.2, 0.25) is 5.91 Å². The van der Waals surface area contributed by atoms with Crippen LogP contribution in [-0.4, -0.2) is 27.1 Å². The van der Waals surface area contributed by atoms with Crippen molar-refractivity contribution >= 4 is 15.7 Å². The zero-order valence-corrected chi connectivity index (χ0v) is 10.2. The number of rotatable bonds is 4. The number of hydrogen-bond acceptors (Lipinski definition) is 3. The average molecular weight is 241 g/mol. The van der Waals surface area contributed by atoms with E-state index in [-0.39, 0.29) is 17.2 Å². The number of hydrogen-bond donors (Lipinski definition) is 1. The minimum absolute atomic E-state index is 0.0943. The molecule has 0 aromatic heterocycles. The van der Waals surface area contributed by atoms with Gasteiger partial charge in [-0.3, -0.25) is 4.79 Å². The van der Waals surface area contributed by atoms with Gasteiger partial charge in [-0.2, -0.15) is 0 Å². The fourth-order valence-corrected chi connectivity index (χ4v) is 2.39. The number of amides is 1. The molecule has 0 saturated heterocycles. The van der Waals surface area contributed by atoms with Crippen LogP contribution in [0.25, 0.3) is 0 Å². The molecule has 4 nitrogen and oxygen atoms in total. The van der Waals surface area contributed by atoms with Crippen LogP contribution in [0.2, 0.25) is 0 Å². The SMILES string of the molecule is CCNC(=O)Cc1ccccc1S(C)(=O)=O. The van der Waals surface area contributed by atoms with E-state index >= 15 is 0 Å². The van der Waals surface area contributed by atoms with Crippen LogP contribution in [0, 0.1) is 0 Å². The fourth-order valence-electron chi connectivity index (χ4n) is 1.44. The Morgan fingerprint density at radius 3 is 2.50 bits per heavy atom. The highest BCUT2D eigenvalue weighted by Crippen LogP contribution is 2.15. The van der Waals surface area contributed by atoms with Gasteiger partial charge < -0.3 is 5.32 Å². The maximum atomic E-state index is 11.5. The molecule has 0 unspecified atom stereocenters. The quantitative estimate of drug-likeness (QED) is 0.846. The molecule has 0 bridgehead atoms. The van der Waals surface area contributed by atoms with Gasteiger partial charge in [0.25, 0.3) is 0 Å². The molecule has 1 aromatic carbocycles. The fraction of sp³-hybridized carbons (Fsp3) is 0.364. The van der Waals surface area contributed by atoms with Gasteiger partial charge in [-0.15, -0.1) is 0 Å². The van der Waals surface area contributed by atoms with Crippen molar-refractivity contribution in [2.24, 2.45) is 0 Å². The Kier molecular flexibility index (Phi) is 4.06. The normalized spacial score (nSPS) is 11.1. The predicted octanol–water partition coefficient (Wildman–Crippen LogP) is 0.769. The van der Waals surface area contributed by atoms with Gasteiger partial charge in [0.05, 0.1) is 11.3 Å². The molecule has 0 aliphatic rings. The first-order valence-corrected chi connectivity index (χ1v) is 6.89. The second-order valence-corrected chi connectivity index (χ2v) is 5.49. The van der Waals surface area contributed by atoms with E-state index in [4.69, 9.17) is 0 Å². The van der Waals surface area contributed by atoms with Crippen LogP contribution in [0.4, 0.5) is 0 Å². The van der Waals surface area contributed by atoms with Gasteiger partial charge >= 0.3 is 0 Å². The summed E-state index contributed by atoms with van der Waals surface area (Å²) in [6.07, 6.45) is 1.24. The summed E-state index contributed by atoms with van der Waals surface area (Å²) < 4.78 is 22.9. The van der Waals surface area contributed by atoms with Crippen LogP contribution in [0.15, 0.2) is 29.2 Å². The van der Waals surface area contributed by atoms with Gasteiger partial charge in [0.15, 0.2) is 9.84 Å². The third kappa shape index (κ3) is 3.34. The van der Waals surface area contributed by atoms with Crippen molar-refractivity contribution in [1.82, 2.24) is 5.32 Å². The van der Waals surface area contributed by atoms with E-state index in [9.17, 15) is 13.2 Å². The maximum absolute atomic E-state index is 11.5. The van der Waals surface area contributed by atoms with E-state index in [2.05, 4.69) is 5.32 Å². The smallest absolute Gasteiger partial charge is 0.224 e. The number of likely N-dealkylation sites (N-methyl/N-ethyl adjacent to an activating group) is 1. The van der Waals surface area contributed by atoms with E-state index in [0.29, 0.717) is 12.1 Å². The van der Waals surface area contributed by atoms with Crippen molar-refractivity contribution in [3.05, 3.63) is 29.8 Å². The summed E-state index contributed by atoms with van der Waals surface area (Å²) in [6.45, 7) is 2.36. The van der Waals surface area contributed by atoms with Crippen molar-refractivity contribution in [3.8, 4) is 0 Å². The molecule has 0 aliphatic carbocycles. The van der Waals surface area contributed by atoms with Crippen molar-refractivity contribution in [2.75, 3.05) is 12.8 Å². The van der Waals surface area contributed by atoms with Crippen LogP contribution in [0.5, 0.6) is 0 Å². The molecular formula is C11H15NO3S. The van der Waals surface area contributed by atoms with Gasteiger partial charge in [-0.1, -0.05) is 18.2 Å². The van der Waals surface area contributed by atoms with Crippen LogP contribution >= 0.6 is 0 Å². The van der Waals surface area contributed by atoms with Crippen LogP contribution < -0.4 is 5.32 Å². The highest BCUT2D eigenvalue weighted by Gasteiger charge is 2.14. The van der Waals surface area contributed by atoms with Gasteiger partial charge in [-0.05, 0) is 18.6 Å². The molecular weight excluding hydrogens is 226 g/mol. The van der Waals surface area contributed by atoms with Gasteiger partial charge in [-0.25, -0.2) is 8.42 Å². The van der Waals surface area contributed by atoms with E-state index in [1.807, 2.05) is 6.92 Å². The second kappa shape index (κ2) is 5.12. The Labute approximate surface area is 95.6 Å². The lowest BCUT2D eigenvalue weighted by Crippen LogP contribution is -2.25. The Balaban J connectivity index is 3.01. The molecule has 16 heavy (non-hydrogen) atoms. The molecule has 0 fully saturated rings. The first kappa shape index (κ1) is 12.7. The van der Waals surface area contributed by atoms with Crippen molar-refractivity contribution < 1.29 is 13.2 Å². The Hall–Kier alpha value is -1.36. The Bertz CT molecular complexity index is 480. The molecule has 1 amide bonds. The molecule has 0 atom stereocenters. The molecule has 0 radical (unpaired) electrons. The third-order valence-corrected chi connectivity index (χ3v) is 3.29. The van der Waals surface area contributed by atoms with E-state index < -0.39 is 9.84 Å². The summed E-state index contributed by atoms with van der Waals surface area (Å²) >= 11 is 0. The molecule has 0 spiro atoms. The molecule has 88 valence electrons. The lowest BCUT2D eigenvalue weighted by molar-refractivity contribution is -0.120. The maximum Gasteiger partial charge on any atom is 0.224 e. The topological polar surface area (TPSA) is 63.2 Å². The minimum Gasteiger partial charge on any atom is -0.356 e. The van der Waals surface area contributed by atoms with E-state index in [1.165, 1.54) is 6.07 Å². The van der Waals surface area contributed by atoms with Gasteiger partial charge in [0.1, 0.15) is 0 Å². The number of nitrogens with one attached hydrogen (secondary N) is 1. The summed E-state index contributed by atoms with van der Waals surface area (Å²) in [7, 11) is -3.27. The predicted molar refractivity (Wildman–Crippen MR) is 61.9 cm³/mol. The monoisotopic (exact) mass is 241 g/mol. The lowest BCUT2D eigenvalue weighted by atomic mass is 10.1. The molecule has 1 rings (SSSR count). The largest absolute Gasteiger partial charge is 0.356 e. The summed E-state index contributed by atoms with van der Waals surface area (Å²) in [6, 6.07) is 6.55. The summed E-state index contributed by atoms with van der Waals surface area (Å²) in [5.41, 5.74) is 0.538. The summed E-state index contributed by atoms with van der Waals surface area (Å²) in [5.74, 6) is -0.168. The first-order valence-electron chi connectivity index (χ1n) is 4.99. The Morgan fingerprint density at radius 1 is 1.31 bits per heavy atom. The van der Waals surface area contributed by atoms with Crippen molar-refractivity contribution in [3.63, 3.8) is 0 Å². The molecule has 1 aromatic rings. The van der Waals surface area contributed by atoms with Crippen molar-refractivity contribution in [1.29, 1.82) is 0 Å². The number of sulfone groups is 1. The average Bonchev–Trinajstić information content (AvgIpc) is 2.17. The molecule has 1 N–H and O–H groups in total. The van der Waals surface area contributed by atoms with Crippen LogP contribution in [0.1, 0.15) is 12.5 Å².